The van der Waals surface area contributed by atoms with Gasteiger partial charge in [0.2, 0.25) is 0 Å². The number of amides is 1. The zero-order valence-corrected chi connectivity index (χ0v) is 15.4. The number of guanidine groups is 1. The molecule has 1 amide bonds. The molecule has 0 aromatic carbocycles. The number of carbonyl (C=O) groups excluding carboxylic acids is 1. The van der Waals surface area contributed by atoms with E-state index in [2.05, 4.69) is 27.9 Å². The Balaban J connectivity index is 2.23. The van der Waals surface area contributed by atoms with Crippen molar-refractivity contribution < 1.29 is 9.53 Å². The molecule has 0 aromatic rings. The smallest absolute Gasteiger partial charge is 0.407 e. The zero-order chi connectivity index (χ0) is 17.3. The molecule has 0 heterocycles. The minimum atomic E-state index is -0.467. The summed E-state index contributed by atoms with van der Waals surface area (Å²) >= 11 is 0. The number of hydrogen-bond acceptors (Lipinski definition) is 3. The largest absolute Gasteiger partial charge is 0.444 e. The third-order valence-electron chi connectivity index (χ3n) is 4.35. The van der Waals surface area contributed by atoms with E-state index < -0.39 is 11.7 Å². The van der Waals surface area contributed by atoms with Crippen LogP contribution in [0.4, 0.5) is 4.79 Å². The van der Waals surface area contributed by atoms with Gasteiger partial charge in [-0.2, -0.15) is 0 Å². The van der Waals surface area contributed by atoms with Crippen LogP contribution < -0.4 is 16.0 Å². The van der Waals surface area contributed by atoms with Crippen LogP contribution >= 0.6 is 0 Å². The van der Waals surface area contributed by atoms with Gasteiger partial charge in [-0.05, 0) is 45.4 Å². The molecular formula is C17H34N4O2. The van der Waals surface area contributed by atoms with E-state index in [4.69, 9.17) is 4.74 Å². The molecule has 0 unspecified atom stereocenters. The quantitative estimate of drug-likeness (QED) is 0.398. The Kier molecular flexibility index (Phi) is 7.65. The molecule has 0 radical (unpaired) electrons. The fraction of sp³-hybridized carbons (Fsp3) is 0.882. The minimum absolute atomic E-state index is 0.391. The monoisotopic (exact) mass is 326 g/mol. The molecule has 3 N–H and O–H groups in total. The van der Waals surface area contributed by atoms with Crippen molar-refractivity contribution in [3.8, 4) is 0 Å². The van der Waals surface area contributed by atoms with E-state index in [-0.39, 0.29) is 0 Å². The van der Waals surface area contributed by atoms with Crippen molar-refractivity contribution in [1.82, 2.24) is 16.0 Å². The van der Waals surface area contributed by atoms with Crippen molar-refractivity contribution in [2.75, 3.05) is 26.7 Å². The van der Waals surface area contributed by atoms with Gasteiger partial charge < -0.3 is 20.7 Å². The molecule has 23 heavy (non-hydrogen) atoms. The molecule has 0 aromatic heterocycles. The Morgan fingerprint density at radius 3 is 2.26 bits per heavy atom. The zero-order valence-electron chi connectivity index (χ0n) is 15.4. The molecule has 0 spiro atoms. The van der Waals surface area contributed by atoms with Crippen LogP contribution in [0.1, 0.15) is 59.8 Å². The number of aliphatic imine (C=N–C) groups is 1. The Morgan fingerprint density at radius 2 is 1.74 bits per heavy atom. The van der Waals surface area contributed by atoms with Gasteiger partial charge in [0.15, 0.2) is 5.96 Å². The van der Waals surface area contributed by atoms with E-state index >= 15 is 0 Å². The molecule has 0 aliphatic heterocycles. The molecule has 0 saturated heterocycles. The summed E-state index contributed by atoms with van der Waals surface area (Å²) in [7, 11) is 1.77. The molecule has 6 heteroatoms. The summed E-state index contributed by atoms with van der Waals surface area (Å²) in [6.07, 6.45) is 6.08. The van der Waals surface area contributed by atoms with Gasteiger partial charge in [-0.15, -0.1) is 0 Å². The summed E-state index contributed by atoms with van der Waals surface area (Å²) in [5, 5.41) is 9.37. The summed E-state index contributed by atoms with van der Waals surface area (Å²) < 4.78 is 5.19. The number of carbonyl (C=O) groups is 1. The minimum Gasteiger partial charge on any atom is -0.444 e. The molecule has 1 rings (SSSR count). The first-order valence-corrected chi connectivity index (χ1v) is 8.72. The molecule has 134 valence electrons. The van der Waals surface area contributed by atoms with E-state index in [1.807, 2.05) is 20.8 Å². The maximum atomic E-state index is 11.5. The van der Waals surface area contributed by atoms with Crippen LogP contribution in [0.15, 0.2) is 4.99 Å². The summed E-state index contributed by atoms with van der Waals surface area (Å²) in [5.74, 6) is 0.788. The highest BCUT2D eigenvalue weighted by atomic mass is 16.6. The van der Waals surface area contributed by atoms with E-state index in [1.54, 1.807) is 7.05 Å². The molecule has 0 bridgehead atoms. The average Bonchev–Trinajstić information content (AvgIpc) is 2.94. The van der Waals surface area contributed by atoms with Gasteiger partial charge >= 0.3 is 6.09 Å². The van der Waals surface area contributed by atoms with Gasteiger partial charge in [0.1, 0.15) is 5.60 Å². The second-order valence-electron chi connectivity index (χ2n) is 7.34. The lowest BCUT2D eigenvalue weighted by Gasteiger charge is -2.28. The summed E-state index contributed by atoms with van der Waals surface area (Å²) in [6.45, 7) is 9.89. The van der Waals surface area contributed by atoms with Crippen molar-refractivity contribution in [3.63, 3.8) is 0 Å². The van der Waals surface area contributed by atoms with E-state index in [0.717, 1.165) is 12.5 Å². The second-order valence-corrected chi connectivity index (χ2v) is 7.34. The van der Waals surface area contributed by atoms with Gasteiger partial charge in [0.25, 0.3) is 0 Å². The van der Waals surface area contributed by atoms with Gasteiger partial charge in [-0.1, -0.05) is 19.8 Å². The standard InChI is InChI=1S/C17H34N4O2/c1-6-17(9-7-8-10-17)13-21-14(18-5)19-11-12-20-15(22)23-16(2,3)4/h6-13H2,1-5H3,(H,20,22)(H2,18,19,21). The third kappa shape index (κ3) is 7.57. The Bertz CT molecular complexity index is 396. The highest BCUT2D eigenvalue weighted by molar-refractivity contribution is 5.79. The van der Waals surface area contributed by atoms with Gasteiger partial charge in [0, 0.05) is 26.7 Å². The Morgan fingerprint density at radius 1 is 1.13 bits per heavy atom. The highest BCUT2D eigenvalue weighted by Gasteiger charge is 2.31. The van der Waals surface area contributed by atoms with Crippen LogP contribution in [0, 0.1) is 5.41 Å². The summed E-state index contributed by atoms with van der Waals surface area (Å²) in [5.41, 5.74) is -0.0444. The van der Waals surface area contributed by atoms with E-state index in [0.29, 0.717) is 18.5 Å². The molecule has 1 aliphatic carbocycles. The molecule has 1 fully saturated rings. The Labute approximate surface area is 140 Å². The average molecular weight is 326 g/mol. The van der Waals surface area contributed by atoms with Crippen LogP contribution in [0.25, 0.3) is 0 Å². The van der Waals surface area contributed by atoms with Gasteiger partial charge in [-0.3, -0.25) is 4.99 Å². The number of rotatable bonds is 6. The maximum Gasteiger partial charge on any atom is 0.407 e. The first kappa shape index (κ1) is 19.6. The number of ether oxygens (including phenoxy) is 1. The molecule has 6 nitrogen and oxygen atoms in total. The van der Waals surface area contributed by atoms with Crippen molar-refractivity contribution in [3.05, 3.63) is 0 Å². The van der Waals surface area contributed by atoms with Crippen molar-refractivity contribution >= 4 is 12.1 Å². The van der Waals surface area contributed by atoms with Crippen LogP contribution in [0.2, 0.25) is 0 Å². The molecule has 0 atom stereocenters. The lowest BCUT2D eigenvalue weighted by molar-refractivity contribution is 0.0529. The topological polar surface area (TPSA) is 74.8 Å². The lowest BCUT2D eigenvalue weighted by Crippen LogP contribution is -2.45. The maximum absolute atomic E-state index is 11.5. The predicted octanol–water partition coefficient (Wildman–Crippen LogP) is 2.65. The van der Waals surface area contributed by atoms with Crippen LogP contribution in [0.3, 0.4) is 0 Å². The fourth-order valence-electron chi connectivity index (χ4n) is 2.93. The van der Waals surface area contributed by atoms with Crippen molar-refractivity contribution in [2.24, 2.45) is 10.4 Å². The summed E-state index contributed by atoms with van der Waals surface area (Å²) in [6, 6.07) is 0. The summed E-state index contributed by atoms with van der Waals surface area (Å²) in [4.78, 5) is 15.8. The number of nitrogens with one attached hydrogen (secondary N) is 3. The first-order chi connectivity index (χ1) is 10.8. The molecule has 1 saturated carbocycles. The van der Waals surface area contributed by atoms with E-state index in [1.165, 1.54) is 32.1 Å². The van der Waals surface area contributed by atoms with Crippen LogP contribution in [-0.2, 0) is 4.74 Å². The molecule has 1 aliphatic rings. The predicted molar refractivity (Wildman–Crippen MR) is 94.8 cm³/mol. The SMILES string of the molecule is CCC1(CNC(=NC)NCCNC(=O)OC(C)(C)C)CCCC1. The third-order valence-corrected chi connectivity index (χ3v) is 4.35. The van der Waals surface area contributed by atoms with Crippen LogP contribution in [0.5, 0.6) is 0 Å². The van der Waals surface area contributed by atoms with Crippen molar-refractivity contribution in [2.45, 2.75) is 65.4 Å². The normalized spacial score (nSPS) is 17.7. The lowest BCUT2D eigenvalue weighted by atomic mass is 9.83. The van der Waals surface area contributed by atoms with Crippen LogP contribution in [-0.4, -0.2) is 44.3 Å². The number of alkyl carbamates (subject to hydrolysis) is 1. The highest BCUT2D eigenvalue weighted by Crippen LogP contribution is 2.40. The van der Waals surface area contributed by atoms with Gasteiger partial charge in [0.05, 0.1) is 0 Å². The van der Waals surface area contributed by atoms with E-state index in [9.17, 15) is 4.79 Å². The second kappa shape index (κ2) is 8.99. The van der Waals surface area contributed by atoms with Crippen molar-refractivity contribution in [1.29, 1.82) is 0 Å². The van der Waals surface area contributed by atoms with Gasteiger partial charge in [-0.25, -0.2) is 4.79 Å². The number of hydrogen-bond donors (Lipinski definition) is 3. The molecular weight excluding hydrogens is 292 g/mol. The fourth-order valence-corrected chi connectivity index (χ4v) is 2.93. The first-order valence-electron chi connectivity index (χ1n) is 8.72. The Hall–Kier alpha value is -1.46. The number of nitrogens with zero attached hydrogens (tertiary/aromatic N) is 1.